The highest BCUT2D eigenvalue weighted by atomic mass is 16.5. The summed E-state index contributed by atoms with van der Waals surface area (Å²) in [5.74, 6) is 0.683. The molecule has 0 saturated carbocycles. The van der Waals surface area contributed by atoms with E-state index in [1.54, 1.807) is 0 Å². The van der Waals surface area contributed by atoms with Crippen LogP contribution in [0.15, 0.2) is 48.5 Å². The Morgan fingerprint density at radius 3 is 2.24 bits per heavy atom. The van der Waals surface area contributed by atoms with E-state index in [0.29, 0.717) is 6.42 Å². The number of carbonyl (C=O) groups is 1. The van der Waals surface area contributed by atoms with Crippen molar-refractivity contribution >= 4 is 5.91 Å². The quantitative estimate of drug-likeness (QED) is 0.801. The molecule has 1 N–H and O–H groups in total. The van der Waals surface area contributed by atoms with Crippen molar-refractivity contribution in [1.82, 2.24) is 5.32 Å². The lowest BCUT2D eigenvalue weighted by atomic mass is 9.94. The van der Waals surface area contributed by atoms with Gasteiger partial charge >= 0.3 is 0 Å². The van der Waals surface area contributed by atoms with Crippen molar-refractivity contribution in [3.63, 3.8) is 0 Å². The van der Waals surface area contributed by atoms with E-state index in [1.807, 2.05) is 65.0 Å². The van der Waals surface area contributed by atoms with Gasteiger partial charge in [0.25, 0.3) is 5.91 Å². The van der Waals surface area contributed by atoms with E-state index in [-0.39, 0.29) is 11.4 Å². The summed E-state index contributed by atoms with van der Waals surface area (Å²) < 4.78 is 5.97. The highest BCUT2D eigenvalue weighted by molar-refractivity contribution is 5.81. The van der Waals surface area contributed by atoms with E-state index in [0.717, 1.165) is 23.3 Å². The molecule has 134 valence electrons. The van der Waals surface area contributed by atoms with Crippen molar-refractivity contribution in [1.29, 1.82) is 0 Å². The molecule has 0 fully saturated rings. The van der Waals surface area contributed by atoms with Crippen molar-refractivity contribution in [2.75, 3.05) is 0 Å². The molecule has 25 heavy (non-hydrogen) atoms. The number of benzene rings is 2. The van der Waals surface area contributed by atoms with E-state index in [1.165, 1.54) is 5.56 Å². The van der Waals surface area contributed by atoms with Gasteiger partial charge in [-0.05, 0) is 69.4 Å². The Kier molecular flexibility index (Phi) is 6.24. The first-order chi connectivity index (χ1) is 11.8. The maximum absolute atomic E-state index is 12.7. The lowest BCUT2D eigenvalue weighted by Crippen LogP contribution is -2.50. The Hall–Kier alpha value is -2.29. The Bertz CT molecular complexity index is 687. The Balaban J connectivity index is 2.03. The van der Waals surface area contributed by atoms with Crippen molar-refractivity contribution in [2.24, 2.45) is 0 Å². The average Bonchev–Trinajstić information content (AvgIpc) is 2.51. The molecule has 2 aromatic carbocycles. The minimum Gasteiger partial charge on any atom is -0.481 e. The van der Waals surface area contributed by atoms with Crippen LogP contribution in [0.2, 0.25) is 0 Å². The minimum absolute atomic E-state index is 0.0670. The van der Waals surface area contributed by atoms with Crippen LogP contribution in [0.25, 0.3) is 0 Å². The third-order valence-electron chi connectivity index (χ3n) is 4.09. The average molecular weight is 339 g/mol. The van der Waals surface area contributed by atoms with Gasteiger partial charge in [-0.3, -0.25) is 4.79 Å². The number of amides is 1. The van der Waals surface area contributed by atoms with E-state index < -0.39 is 6.10 Å². The molecule has 2 aromatic rings. The molecule has 0 aliphatic carbocycles. The molecule has 3 nitrogen and oxygen atoms in total. The smallest absolute Gasteiger partial charge is 0.261 e. The molecular weight excluding hydrogens is 310 g/mol. The molecule has 0 aliphatic heterocycles. The third kappa shape index (κ3) is 5.93. The summed E-state index contributed by atoms with van der Waals surface area (Å²) in [5.41, 5.74) is 3.14. The number of ether oxygens (including phenoxy) is 1. The second-order valence-corrected chi connectivity index (χ2v) is 7.37. The Morgan fingerprint density at radius 1 is 1.08 bits per heavy atom. The zero-order valence-electron chi connectivity index (χ0n) is 15.9. The summed E-state index contributed by atoms with van der Waals surface area (Å²) in [6.07, 6.45) is 0.913. The van der Waals surface area contributed by atoms with E-state index >= 15 is 0 Å². The zero-order chi connectivity index (χ0) is 18.4. The molecule has 0 bridgehead atoms. The molecule has 2 rings (SSSR count). The number of nitrogens with one attached hydrogen (secondary N) is 1. The molecule has 1 atom stereocenters. The van der Waals surface area contributed by atoms with Crippen molar-refractivity contribution in [3.05, 3.63) is 65.2 Å². The first-order valence-electron chi connectivity index (χ1n) is 8.90. The van der Waals surface area contributed by atoms with Gasteiger partial charge in [0.1, 0.15) is 5.75 Å². The summed E-state index contributed by atoms with van der Waals surface area (Å²) in [7, 11) is 0. The monoisotopic (exact) mass is 339 g/mol. The van der Waals surface area contributed by atoms with E-state index in [4.69, 9.17) is 4.74 Å². The molecule has 0 aromatic heterocycles. The maximum atomic E-state index is 12.7. The molecule has 3 heteroatoms. The van der Waals surface area contributed by atoms with Crippen LogP contribution in [0, 0.1) is 13.8 Å². The van der Waals surface area contributed by atoms with Crippen LogP contribution in [0.5, 0.6) is 5.75 Å². The van der Waals surface area contributed by atoms with Gasteiger partial charge in [-0.1, -0.05) is 43.3 Å². The molecule has 0 heterocycles. The highest BCUT2D eigenvalue weighted by Crippen LogP contribution is 2.19. The summed E-state index contributed by atoms with van der Waals surface area (Å²) in [5, 5.41) is 3.14. The minimum atomic E-state index is -0.490. The standard InChI is InChI=1S/C22H29NO2/c1-6-20(25-19-13-16(2)12-17(3)14-19)21(24)23-22(4,5)15-18-10-8-7-9-11-18/h7-14,20H,6,15H2,1-5H3,(H,23,24)/t20-/m1/s1. The number of hydrogen-bond acceptors (Lipinski definition) is 2. The highest BCUT2D eigenvalue weighted by Gasteiger charge is 2.26. The van der Waals surface area contributed by atoms with Gasteiger partial charge < -0.3 is 10.1 Å². The van der Waals surface area contributed by atoms with Crippen molar-refractivity contribution in [3.8, 4) is 5.75 Å². The summed E-state index contributed by atoms with van der Waals surface area (Å²) >= 11 is 0. The summed E-state index contributed by atoms with van der Waals surface area (Å²) in [4.78, 5) is 12.7. The Morgan fingerprint density at radius 2 is 1.68 bits per heavy atom. The number of carbonyl (C=O) groups excluding carboxylic acids is 1. The predicted octanol–water partition coefficient (Wildman–Crippen LogP) is 4.60. The predicted molar refractivity (Wildman–Crippen MR) is 103 cm³/mol. The van der Waals surface area contributed by atoms with Gasteiger partial charge in [-0.2, -0.15) is 0 Å². The third-order valence-corrected chi connectivity index (χ3v) is 4.09. The number of aryl methyl sites for hydroxylation is 2. The maximum Gasteiger partial charge on any atom is 0.261 e. The Labute approximate surface area is 151 Å². The van der Waals surface area contributed by atoms with Crippen LogP contribution >= 0.6 is 0 Å². The van der Waals surface area contributed by atoms with Crippen LogP contribution in [-0.2, 0) is 11.2 Å². The van der Waals surface area contributed by atoms with Crippen molar-refractivity contribution in [2.45, 2.75) is 59.1 Å². The van der Waals surface area contributed by atoms with E-state index in [9.17, 15) is 4.79 Å². The van der Waals surface area contributed by atoms with Gasteiger partial charge in [0, 0.05) is 5.54 Å². The molecule has 0 radical (unpaired) electrons. The second kappa shape index (κ2) is 8.19. The molecule has 0 spiro atoms. The molecule has 1 amide bonds. The fourth-order valence-corrected chi connectivity index (χ4v) is 3.05. The largest absolute Gasteiger partial charge is 0.481 e. The van der Waals surface area contributed by atoms with Gasteiger partial charge in [0.05, 0.1) is 0 Å². The van der Waals surface area contributed by atoms with Crippen molar-refractivity contribution < 1.29 is 9.53 Å². The molecular formula is C22H29NO2. The first kappa shape index (κ1) is 19.0. The first-order valence-corrected chi connectivity index (χ1v) is 8.90. The second-order valence-electron chi connectivity index (χ2n) is 7.37. The fraction of sp³-hybridized carbons (Fsp3) is 0.409. The zero-order valence-corrected chi connectivity index (χ0v) is 15.9. The van der Waals surface area contributed by atoms with Crippen LogP contribution in [0.3, 0.4) is 0 Å². The van der Waals surface area contributed by atoms with Gasteiger partial charge in [-0.15, -0.1) is 0 Å². The normalized spacial score (nSPS) is 12.5. The van der Waals surface area contributed by atoms with Gasteiger partial charge in [0.2, 0.25) is 0 Å². The van der Waals surface area contributed by atoms with Crippen LogP contribution in [0.1, 0.15) is 43.9 Å². The molecule has 0 saturated heterocycles. The van der Waals surface area contributed by atoms with Gasteiger partial charge in [-0.25, -0.2) is 0 Å². The fourth-order valence-electron chi connectivity index (χ4n) is 3.05. The lowest BCUT2D eigenvalue weighted by molar-refractivity contribution is -0.129. The number of rotatable bonds is 7. The van der Waals surface area contributed by atoms with Crippen LogP contribution < -0.4 is 10.1 Å². The van der Waals surface area contributed by atoms with Crippen LogP contribution in [0.4, 0.5) is 0 Å². The molecule has 0 unspecified atom stereocenters. The van der Waals surface area contributed by atoms with Crippen LogP contribution in [-0.4, -0.2) is 17.6 Å². The number of hydrogen-bond donors (Lipinski definition) is 1. The SMILES string of the molecule is CC[C@@H](Oc1cc(C)cc(C)c1)C(=O)NC(C)(C)Cc1ccccc1. The summed E-state index contributed by atoms with van der Waals surface area (Å²) in [6.45, 7) is 10.1. The van der Waals surface area contributed by atoms with Gasteiger partial charge in [0.15, 0.2) is 6.10 Å². The lowest BCUT2D eigenvalue weighted by Gasteiger charge is -2.29. The topological polar surface area (TPSA) is 38.3 Å². The summed E-state index contributed by atoms with van der Waals surface area (Å²) in [6, 6.07) is 16.2. The molecule has 0 aliphatic rings. The van der Waals surface area contributed by atoms with E-state index in [2.05, 4.69) is 23.5 Å².